The number of carboxylic acids is 1. The number of carboxylic acid groups (broad SMARTS) is 1. The molecule has 0 spiro atoms. The average molecular weight is 295 g/mol. The van der Waals surface area contributed by atoms with E-state index in [1.165, 1.54) is 0 Å². The van der Waals surface area contributed by atoms with Crippen LogP contribution in [0.2, 0.25) is 0 Å². The van der Waals surface area contributed by atoms with E-state index in [0.717, 1.165) is 11.1 Å². The van der Waals surface area contributed by atoms with Gasteiger partial charge in [0.1, 0.15) is 0 Å². The quantitative estimate of drug-likeness (QED) is 0.866. The number of benzene rings is 2. The van der Waals surface area contributed by atoms with Crippen LogP contribution in [0.25, 0.3) is 0 Å². The number of aliphatic carboxylic acids is 1. The van der Waals surface area contributed by atoms with Crippen LogP contribution in [-0.4, -0.2) is 22.8 Å². The van der Waals surface area contributed by atoms with E-state index < -0.39 is 17.4 Å². The number of hydrogen-bond acceptors (Lipinski definition) is 2. The van der Waals surface area contributed by atoms with Crippen molar-refractivity contribution in [2.75, 3.05) is 0 Å². The van der Waals surface area contributed by atoms with Crippen molar-refractivity contribution >= 4 is 11.7 Å². The lowest BCUT2D eigenvalue weighted by molar-refractivity contribution is -0.140. The third kappa shape index (κ3) is 3.82. The van der Waals surface area contributed by atoms with E-state index in [1.54, 1.807) is 0 Å². The molecular formula is C19H21NO2. The molecule has 1 unspecified atom stereocenters. The molecule has 0 aliphatic heterocycles. The highest BCUT2D eigenvalue weighted by atomic mass is 16.4. The van der Waals surface area contributed by atoms with Gasteiger partial charge in [0.15, 0.2) is 6.04 Å². The first-order valence-electron chi connectivity index (χ1n) is 7.31. The van der Waals surface area contributed by atoms with Crippen LogP contribution in [0.3, 0.4) is 0 Å². The first-order chi connectivity index (χ1) is 10.4. The molecule has 0 amide bonds. The van der Waals surface area contributed by atoms with Crippen molar-refractivity contribution in [3.63, 3.8) is 0 Å². The summed E-state index contributed by atoms with van der Waals surface area (Å²) in [6, 6.07) is 18.6. The molecule has 0 aliphatic rings. The predicted octanol–water partition coefficient (Wildman–Crippen LogP) is 4.02. The summed E-state index contributed by atoms with van der Waals surface area (Å²) in [6.45, 7) is 5.68. The predicted molar refractivity (Wildman–Crippen MR) is 89.4 cm³/mol. The van der Waals surface area contributed by atoms with Crippen molar-refractivity contribution in [2.24, 2.45) is 10.4 Å². The fourth-order valence-corrected chi connectivity index (χ4v) is 2.26. The molecule has 3 heteroatoms. The van der Waals surface area contributed by atoms with Gasteiger partial charge in [-0.05, 0) is 5.41 Å². The lowest BCUT2D eigenvalue weighted by Gasteiger charge is -2.24. The lowest BCUT2D eigenvalue weighted by atomic mass is 9.86. The molecule has 0 aliphatic carbocycles. The van der Waals surface area contributed by atoms with Gasteiger partial charge in [0.25, 0.3) is 0 Å². The van der Waals surface area contributed by atoms with Gasteiger partial charge in [0.2, 0.25) is 0 Å². The molecule has 1 N–H and O–H groups in total. The minimum Gasteiger partial charge on any atom is -0.480 e. The first-order valence-corrected chi connectivity index (χ1v) is 7.31. The number of rotatable bonds is 4. The Hall–Kier alpha value is -2.42. The zero-order valence-corrected chi connectivity index (χ0v) is 13.2. The first kappa shape index (κ1) is 16.0. The van der Waals surface area contributed by atoms with E-state index >= 15 is 0 Å². The van der Waals surface area contributed by atoms with Crippen LogP contribution < -0.4 is 0 Å². The molecule has 2 aromatic carbocycles. The van der Waals surface area contributed by atoms with Crippen LogP contribution in [0.5, 0.6) is 0 Å². The Bertz CT molecular complexity index is 613. The second-order valence-corrected chi connectivity index (χ2v) is 6.32. The highest BCUT2D eigenvalue weighted by Crippen LogP contribution is 2.24. The molecule has 0 saturated carbocycles. The monoisotopic (exact) mass is 295 g/mol. The summed E-state index contributed by atoms with van der Waals surface area (Å²) in [7, 11) is 0. The summed E-state index contributed by atoms with van der Waals surface area (Å²) in [4.78, 5) is 16.2. The van der Waals surface area contributed by atoms with Crippen molar-refractivity contribution in [1.82, 2.24) is 0 Å². The number of hydrogen-bond donors (Lipinski definition) is 1. The largest absolute Gasteiger partial charge is 0.480 e. The fourth-order valence-electron chi connectivity index (χ4n) is 2.26. The number of carbonyl (C=O) groups is 1. The molecule has 3 nitrogen and oxygen atoms in total. The van der Waals surface area contributed by atoms with E-state index in [9.17, 15) is 9.90 Å². The molecular weight excluding hydrogens is 274 g/mol. The van der Waals surface area contributed by atoms with Crippen LogP contribution in [-0.2, 0) is 4.79 Å². The van der Waals surface area contributed by atoms with Crippen molar-refractivity contribution in [2.45, 2.75) is 26.8 Å². The minimum absolute atomic E-state index is 0.458. The molecule has 2 aromatic rings. The normalized spacial score (nSPS) is 12.5. The van der Waals surface area contributed by atoms with Crippen molar-refractivity contribution in [3.05, 3.63) is 71.8 Å². The van der Waals surface area contributed by atoms with Gasteiger partial charge < -0.3 is 5.11 Å². The van der Waals surface area contributed by atoms with Gasteiger partial charge in [-0.1, -0.05) is 81.4 Å². The molecule has 2 rings (SSSR count). The highest BCUT2D eigenvalue weighted by molar-refractivity contribution is 6.13. The molecule has 0 saturated heterocycles. The SMILES string of the molecule is CC(C)(C)C(N=C(c1ccccc1)c1ccccc1)C(=O)O. The summed E-state index contributed by atoms with van der Waals surface area (Å²) >= 11 is 0. The second kappa shape index (κ2) is 6.56. The van der Waals surface area contributed by atoms with E-state index in [1.807, 2.05) is 81.4 Å². The van der Waals surface area contributed by atoms with Crippen LogP contribution in [0.15, 0.2) is 65.7 Å². The molecule has 22 heavy (non-hydrogen) atoms. The Morgan fingerprint density at radius 2 is 1.32 bits per heavy atom. The molecule has 0 fully saturated rings. The Kier molecular flexibility index (Phi) is 4.76. The molecule has 0 aromatic heterocycles. The topological polar surface area (TPSA) is 49.7 Å². The van der Waals surface area contributed by atoms with Crippen LogP contribution in [0.1, 0.15) is 31.9 Å². The molecule has 0 bridgehead atoms. The van der Waals surface area contributed by atoms with Gasteiger partial charge in [0, 0.05) is 11.1 Å². The summed E-state index contributed by atoms with van der Waals surface area (Å²) in [5.41, 5.74) is 2.10. The van der Waals surface area contributed by atoms with Crippen LogP contribution >= 0.6 is 0 Å². The maximum absolute atomic E-state index is 11.6. The van der Waals surface area contributed by atoms with Gasteiger partial charge in [-0.3, -0.25) is 4.99 Å². The Morgan fingerprint density at radius 3 is 1.64 bits per heavy atom. The van der Waals surface area contributed by atoms with E-state index in [2.05, 4.69) is 4.99 Å². The van der Waals surface area contributed by atoms with E-state index in [-0.39, 0.29) is 0 Å². The second-order valence-electron chi connectivity index (χ2n) is 6.32. The van der Waals surface area contributed by atoms with E-state index in [0.29, 0.717) is 5.71 Å². The summed E-state index contributed by atoms with van der Waals surface area (Å²) in [5.74, 6) is -0.906. The van der Waals surface area contributed by atoms with Gasteiger partial charge in [-0.15, -0.1) is 0 Å². The average Bonchev–Trinajstić information content (AvgIpc) is 2.48. The standard InChI is InChI=1S/C19H21NO2/c1-19(2,3)17(18(21)22)20-16(14-10-6-4-7-11-14)15-12-8-5-9-13-15/h4-13,17H,1-3H3,(H,21,22). The Balaban J connectivity index is 2.58. The molecule has 1 atom stereocenters. The third-order valence-electron chi connectivity index (χ3n) is 3.41. The number of aliphatic imine (C=N–C) groups is 1. The Morgan fingerprint density at radius 1 is 0.909 bits per heavy atom. The van der Waals surface area contributed by atoms with Gasteiger partial charge in [-0.2, -0.15) is 0 Å². The van der Waals surface area contributed by atoms with E-state index in [4.69, 9.17) is 0 Å². The summed E-state index contributed by atoms with van der Waals surface area (Å²) < 4.78 is 0. The molecule has 0 radical (unpaired) electrons. The Labute approximate surface area is 131 Å². The van der Waals surface area contributed by atoms with Crippen molar-refractivity contribution in [1.29, 1.82) is 0 Å². The van der Waals surface area contributed by atoms with Crippen molar-refractivity contribution < 1.29 is 9.90 Å². The van der Waals surface area contributed by atoms with Gasteiger partial charge >= 0.3 is 5.97 Å². The lowest BCUT2D eigenvalue weighted by Crippen LogP contribution is -2.33. The fraction of sp³-hybridized carbons (Fsp3) is 0.263. The zero-order chi connectivity index (χ0) is 16.2. The smallest absolute Gasteiger partial charge is 0.328 e. The summed E-state index contributed by atoms with van der Waals surface area (Å²) in [5, 5.41) is 9.54. The maximum Gasteiger partial charge on any atom is 0.328 e. The van der Waals surface area contributed by atoms with Crippen LogP contribution in [0.4, 0.5) is 0 Å². The van der Waals surface area contributed by atoms with Crippen LogP contribution in [0, 0.1) is 5.41 Å². The molecule has 0 heterocycles. The number of nitrogens with zero attached hydrogens (tertiary/aromatic N) is 1. The maximum atomic E-state index is 11.6. The zero-order valence-electron chi connectivity index (χ0n) is 13.2. The van der Waals surface area contributed by atoms with Gasteiger partial charge in [0.05, 0.1) is 5.71 Å². The van der Waals surface area contributed by atoms with Gasteiger partial charge in [-0.25, -0.2) is 4.79 Å². The molecule has 114 valence electrons. The third-order valence-corrected chi connectivity index (χ3v) is 3.41. The summed E-state index contributed by atoms with van der Waals surface area (Å²) in [6.07, 6.45) is 0. The van der Waals surface area contributed by atoms with Crippen molar-refractivity contribution in [3.8, 4) is 0 Å². The highest BCUT2D eigenvalue weighted by Gasteiger charge is 2.31. The minimum atomic E-state index is -0.906.